The van der Waals surface area contributed by atoms with E-state index in [-0.39, 0.29) is 18.7 Å². The van der Waals surface area contributed by atoms with Gasteiger partial charge in [0.2, 0.25) is 0 Å². The van der Waals surface area contributed by atoms with Gasteiger partial charge in [0.25, 0.3) is 0 Å². The number of carbonyl (C=O) groups excluding carboxylic acids is 1. The van der Waals surface area contributed by atoms with Gasteiger partial charge in [-0.15, -0.1) is 0 Å². The molecule has 0 saturated heterocycles. The molecule has 0 heterocycles. The van der Waals surface area contributed by atoms with E-state index >= 15 is 0 Å². The Balaban J connectivity index is 0.000000272. The van der Waals surface area contributed by atoms with Gasteiger partial charge in [-0.1, -0.05) is 43.9 Å². The number of ketones is 1. The van der Waals surface area contributed by atoms with Crippen molar-refractivity contribution in [3.05, 3.63) is 29.8 Å². The average molecular weight is 336 g/mol. The number of rotatable bonds is 9. The minimum absolute atomic E-state index is 0.107. The zero-order valence-electron chi connectivity index (χ0n) is 15.7. The van der Waals surface area contributed by atoms with E-state index in [0.29, 0.717) is 5.92 Å². The topological polar surface area (TPSA) is 44.8 Å². The van der Waals surface area contributed by atoms with Crippen molar-refractivity contribution in [3.63, 3.8) is 0 Å². The molecule has 0 aliphatic heterocycles. The van der Waals surface area contributed by atoms with Crippen molar-refractivity contribution in [2.24, 2.45) is 11.8 Å². The first kappa shape index (κ1) is 20.7. The summed E-state index contributed by atoms with van der Waals surface area (Å²) in [7, 11) is 3.25. The highest BCUT2D eigenvalue weighted by molar-refractivity contribution is 5.80. The Labute approximate surface area is 146 Å². The van der Waals surface area contributed by atoms with Gasteiger partial charge in [0.05, 0.1) is 7.11 Å². The fourth-order valence-corrected chi connectivity index (χ4v) is 2.55. The van der Waals surface area contributed by atoms with E-state index in [2.05, 4.69) is 13.8 Å². The molecule has 4 nitrogen and oxygen atoms in total. The molecule has 0 spiro atoms. The quantitative estimate of drug-likeness (QED) is 0.627. The number of Topliss-reactive ketones (excluding diaryl/α,β-unsaturated/α-hetero) is 1. The van der Waals surface area contributed by atoms with Crippen molar-refractivity contribution in [2.45, 2.75) is 52.6 Å². The maximum absolute atomic E-state index is 11.4. The molecule has 1 aliphatic carbocycles. The van der Waals surface area contributed by atoms with Gasteiger partial charge in [-0.3, -0.25) is 4.79 Å². The van der Waals surface area contributed by atoms with Gasteiger partial charge >= 0.3 is 0 Å². The average Bonchev–Trinajstić information content (AvgIpc) is 3.39. The lowest BCUT2D eigenvalue weighted by Crippen LogP contribution is -2.30. The maximum atomic E-state index is 11.4. The summed E-state index contributed by atoms with van der Waals surface area (Å²) in [5.74, 6) is 2.25. The molecule has 4 heteroatoms. The Morgan fingerprint density at radius 1 is 1.21 bits per heavy atom. The van der Waals surface area contributed by atoms with Crippen LogP contribution in [0.3, 0.4) is 0 Å². The second kappa shape index (κ2) is 11.2. The molecule has 1 aromatic carbocycles. The highest BCUT2D eigenvalue weighted by Crippen LogP contribution is 2.35. The number of carbonyl (C=O) groups is 1. The highest BCUT2D eigenvalue weighted by Gasteiger charge is 2.26. The van der Waals surface area contributed by atoms with Crippen molar-refractivity contribution in [1.82, 2.24) is 0 Å². The summed E-state index contributed by atoms with van der Waals surface area (Å²) >= 11 is 0. The van der Waals surface area contributed by atoms with Gasteiger partial charge in [0.15, 0.2) is 5.78 Å². The van der Waals surface area contributed by atoms with Crippen molar-refractivity contribution in [1.29, 1.82) is 0 Å². The Morgan fingerprint density at radius 2 is 1.83 bits per heavy atom. The van der Waals surface area contributed by atoms with Crippen molar-refractivity contribution in [2.75, 3.05) is 21.0 Å². The molecule has 1 aliphatic rings. The van der Waals surface area contributed by atoms with Crippen LogP contribution < -0.4 is 4.74 Å². The summed E-state index contributed by atoms with van der Waals surface area (Å²) in [4.78, 5) is 11.4. The van der Waals surface area contributed by atoms with Gasteiger partial charge in [-0.2, -0.15) is 0 Å². The molecule has 0 radical (unpaired) electrons. The lowest BCUT2D eigenvalue weighted by Gasteiger charge is -2.21. The summed E-state index contributed by atoms with van der Waals surface area (Å²) in [5, 5.41) is 0. The van der Waals surface area contributed by atoms with Crippen molar-refractivity contribution in [3.8, 4) is 5.75 Å². The molecule has 0 N–H and O–H groups in total. The first-order valence-corrected chi connectivity index (χ1v) is 8.69. The van der Waals surface area contributed by atoms with Crippen LogP contribution in [0.15, 0.2) is 24.3 Å². The maximum Gasteiger partial charge on any atom is 0.158 e. The fraction of sp³-hybridized carbons (Fsp3) is 0.650. The Bertz CT molecular complexity index is 465. The number of hydrogen-bond acceptors (Lipinski definition) is 4. The van der Waals surface area contributed by atoms with E-state index < -0.39 is 0 Å². The molecule has 1 fully saturated rings. The molecule has 24 heavy (non-hydrogen) atoms. The van der Waals surface area contributed by atoms with Gasteiger partial charge in [0.1, 0.15) is 18.6 Å². The molecule has 0 bridgehead atoms. The minimum atomic E-state index is -0.288. The second-order valence-electron chi connectivity index (χ2n) is 6.62. The second-order valence-corrected chi connectivity index (χ2v) is 6.62. The summed E-state index contributed by atoms with van der Waals surface area (Å²) in [5.41, 5.74) is 1.26. The molecular weight excluding hydrogens is 304 g/mol. The third-order valence-electron chi connectivity index (χ3n) is 4.27. The van der Waals surface area contributed by atoms with E-state index in [4.69, 9.17) is 14.2 Å². The summed E-state index contributed by atoms with van der Waals surface area (Å²) in [6.07, 6.45) is 4.77. The van der Waals surface area contributed by atoms with E-state index in [1.165, 1.54) is 24.8 Å². The summed E-state index contributed by atoms with van der Waals surface area (Å²) in [6.45, 7) is 5.94. The predicted octanol–water partition coefficient (Wildman–Crippen LogP) is 4.39. The molecule has 1 aromatic rings. The van der Waals surface area contributed by atoms with Crippen LogP contribution in [0.2, 0.25) is 0 Å². The van der Waals surface area contributed by atoms with E-state index in [1.54, 1.807) is 21.1 Å². The zero-order valence-corrected chi connectivity index (χ0v) is 15.7. The normalized spacial score (nSPS) is 15.9. The Morgan fingerprint density at radius 3 is 2.29 bits per heavy atom. The van der Waals surface area contributed by atoms with Gasteiger partial charge < -0.3 is 14.2 Å². The van der Waals surface area contributed by atoms with Crippen LogP contribution in [0.1, 0.15) is 45.1 Å². The molecule has 2 rings (SSSR count). The molecule has 1 saturated carbocycles. The summed E-state index contributed by atoms with van der Waals surface area (Å²) in [6, 6.07) is 7.96. The first-order chi connectivity index (χ1) is 11.5. The van der Waals surface area contributed by atoms with Crippen molar-refractivity contribution >= 4 is 5.78 Å². The Hall–Kier alpha value is -1.39. The zero-order chi connectivity index (χ0) is 17.9. The van der Waals surface area contributed by atoms with Crippen molar-refractivity contribution < 1.29 is 19.0 Å². The smallest absolute Gasteiger partial charge is 0.158 e. The molecule has 0 amide bonds. The minimum Gasteiger partial charge on any atom is -0.497 e. The monoisotopic (exact) mass is 336 g/mol. The highest BCUT2D eigenvalue weighted by atomic mass is 16.7. The van der Waals surface area contributed by atoms with Crippen LogP contribution in [-0.2, 0) is 14.3 Å². The largest absolute Gasteiger partial charge is 0.497 e. The van der Waals surface area contributed by atoms with Crippen LogP contribution >= 0.6 is 0 Å². The lowest BCUT2D eigenvalue weighted by atomic mass is 9.95. The van der Waals surface area contributed by atoms with E-state index in [1.807, 2.05) is 24.3 Å². The third kappa shape index (κ3) is 8.46. The molecule has 2 unspecified atom stereocenters. The standard InChI is InChI=1S/C12H22O3.C8H10O/c1-9(4-5-11-6-7-11)12(10(2)13)15-8-14-3;1-7-3-5-8(9-2)6-4-7/h9,11-12H,4-8H2,1-3H3;3-6H,1-2H3. The van der Waals surface area contributed by atoms with E-state index in [0.717, 1.165) is 18.1 Å². The van der Waals surface area contributed by atoms with Gasteiger partial charge in [0, 0.05) is 7.11 Å². The number of hydrogen-bond donors (Lipinski definition) is 0. The van der Waals surface area contributed by atoms with Crippen LogP contribution in [0.25, 0.3) is 0 Å². The SMILES string of the molecule is COCOC(C(C)=O)C(C)CCC1CC1.COc1ccc(C)cc1. The van der Waals surface area contributed by atoms with Crippen LogP contribution in [-0.4, -0.2) is 32.9 Å². The number of benzene rings is 1. The summed E-state index contributed by atoms with van der Waals surface area (Å²) < 4.78 is 15.2. The Kier molecular flexibility index (Phi) is 9.65. The lowest BCUT2D eigenvalue weighted by molar-refractivity contribution is -0.143. The molecule has 0 aromatic heterocycles. The first-order valence-electron chi connectivity index (χ1n) is 8.69. The molecule has 136 valence electrons. The van der Waals surface area contributed by atoms with Crippen LogP contribution in [0, 0.1) is 18.8 Å². The number of aryl methyl sites for hydroxylation is 1. The fourth-order valence-electron chi connectivity index (χ4n) is 2.55. The molecular formula is C20H32O4. The third-order valence-corrected chi connectivity index (χ3v) is 4.27. The number of ether oxygens (including phenoxy) is 3. The van der Waals surface area contributed by atoms with Crippen LogP contribution in [0.4, 0.5) is 0 Å². The van der Waals surface area contributed by atoms with E-state index in [9.17, 15) is 4.79 Å². The van der Waals surface area contributed by atoms with Gasteiger partial charge in [-0.25, -0.2) is 0 Å². The predicted molar refractivity (Wildman–Crippen MR) is 96.3 cm³/mol. The number of methoxy groups -OCH3 is 2. The van der Waals surface area contributed by atoms with Crippen LogP contribution in [0.5, 0.6) is 5.75 Å². The van der Waals surface area contributed by atoms with Gasteiger partial charge in [-0.05, 0) is 44.2 Å². The molecule has 2 atom stereocenters.